The molecule has 1 N–H and O–H groups in total. The second-order valence-electron chi connectivity index (χ2n) is 11.2. The molecule has 0 aliphatic carbocycles. The fourth-order valence-electron chi connectivity index (χ4n) is 6.04. The number of hydrogen-bond donors (Lipinski definition) is 1. The molecular formula is C30H36F3N7O3. The van der Waals surface area contributed by atoms with Crippen molar-refractivity contribution in [2.45, 2.75) is 33.0 Å². The molecule has 10 nitrogen and oxygen atoms in total. The molecule has 0 saturated carbocycles. The van der Waals surface area contributed by atoms with Crippen molar-refractivity contribution < 1.29 is 27.5 Å². The lowest BCUT2D eigenvalue weighted by molar-refractivity contribution is -0.149. The Morgan fingerprint density at radius 1 is 1.21 bits per heavy atom. The number of methoxy groups -OCH3 is 1. The van der Waals surface area contributed by atoms with E-state index < -0.39 is 18.6 Å². The standard InChI is InChI=1S/C30H36F3N7O3/c1-18-12-26(43-5)36-29(42)23(18)14-35-28(41)22-13-24-21(25-15-34-17-37(25)4)6-7-40(24)27(19(22)2)20(3)39-10-8-38(9-11-39)16-30(31,32)33/h6-7,12-13,15,17,20,23H,8-11,14,16H2,1-5H3,(H,35,41). The molecule has 2 atom stereocenters. The Bertz CT molecular complexity index is 1600. The lowest BCUT2D eigenvalue weighted by Gasteiger charge is -2.39. The number of carbonyl (C=O) groups excluding carboxylic acids is 2. The number of dihydropyridines is 1. The molecule has 0 radical (unpaired) electrons. The second-order valence-corrected chi connectivity index (χ2v) is 11.2. The average Bonchev–Trinajstić information content (AvgIpc) is 3.56. The zero-order valence-corrected chi connectivity index (χ0v) is 24.9. The van der Waals surface area contributed by atoms with Crippen molar-refractivity contribution in [1.82, 2.24) is 29.1 Å². The van der Waals surface area contributed by atoms with Crippen LogP contribution < -0.4 is 5.32 Å². The minimum atomic E-state index is -4.24. The average molecular weight is 600 g/mol. The first-order chi connectivity index (χ1) is 20.4. The molecule has 5 heterocycles. The van der Waals surface area contributed by atoms with E-state index in [2.05, 4.69) is 24.6 Å². The number of ether oxygens (including phenoxy) is 1. The molecule has 43 heavy (non-hydrogen) atoms. The Balaban J connectivity index is 1.47. The first-order valence-electron chi connectivity index (χ1n) is 14.1. The number of aromatic nitrogens is 3. The number of halogens is 3. The van der Waals surface area contributed by atoms with Crippen molar-refractivity contribution in [3.8, 4) is 11.3 Å². The van der Waals surface area contributed by atoms with E-state index in [-0.39, 0.29) is 30.3 Å². The Hall–Kier alpha value is -3.97. The van der Waals surface area contributed by atoms with Crippen molar-refractivity contribution in [1.29, 1.82) is 0 Å². The van der Waals surface area contributed by atoms with Crippen LogP contribution in [-0.2, 0) is 16.6 Å². The molecular weight excluding hydrogens is 563 g/mol. The van der Waals surface area contributed by atoms with Crippen LogP contribution in [0.5, 0.6) is 0 Å². The van der Waals surface area contributed by atoms with Gasteiger partial charge in [-0.2, -0.15) is 18.2 Å². The van der Waals surface area contributed by atoms with E-state index in [1.54, 1.807) is 25.5 Å². The monoisotopic (exact) mass is 599 g/mol. The van der Waals surface area contributed by atoms with Gasteiger partial charge in [0.1, 0.15) is 0 Å². The van der Waals surface area contributed by atoms with Crippen LogP contribution >= 0.6 is 0 Å². The Morgan fingerprint density at radius 3 is 2.53 bits per heavy atom. The molecule has 230 valence electrons. The number of hydrogen-bond acceptors (Lipinski definition) is 6. The molecule has 2 aliphatic heterocycles. The van der Waals surface area contributed by atoms with Crippen molar-refractivity contribution in [3.63, 3.8) is 0 Å². The van der Waals surface area contributed by atoms with E-state index in [0.717, 1.165) is 33.6 Å². The van der Waals surface area contributed by atoms with Gasteiger partial charge in [0.25, 0.3) is 11.8 Å². The van der Waals surface area contributed by atoms with E-state index in [1.165, 1.54) is 12.0 Å². The zero-order chi connectivity index (χ0) is 31.1. The maximum atomic E-state index is 13.7. The number of fused-ring (bicyclic) bond motifs is 1. The predicted molar refractivity (Wildman–Crippen MR) is 156 cm³/mol. The van der Waals surface area contributed by atoms with E-state index in [0.29, 0.717) is 31.7 Å². The molecule has 13 heteroatoms. The molecule has 0 spiro atoms. The van der Waals surface area contributed by atoms with Gasteiger partial charge in [0, 0.05) is 74.9 Å². The highest BCUT2D eigenvalue weighted by Gasteiger charge is 2.34. The molecule has 2 unspecified atom stereocenters. The third-order valence-corrected chi connectivity index (χ3v) is 8.44. The van der Waals surface area contributed by atoms with Crippen LogP contribution in [0, 0.1) is 12.8 Å². The fourth-order valence-corrected chi connectivity index (χ4v) is 6.04. The van der Waals surface area contributed by atoms with Crippen LogP contribution in [0.2, 0.25) is 0 Å². The molecule has 1 fully saturated rings. The van der Waals surface area contributed by atoms with Crippen LogP contribution in [0.3, 0.4) is 0 Å². The van der Waals surface area contributed by atoms with Gasteiger partial charge in [-0.05, 0) is 38.5 Å². The van der Waals surface area contributed by atoms with Gasteiger partial charge in [-0.25, -0.2) is 4.98 Å². The summed E-state index contributed by atoms with van der Waals surface area (Å²) >= 11 is 0. The van der Waals surface area contributed by atoms with Crippen molar-refractivity contribution in [3.05, 3.63) is 59.3 Å². The predicted octanol–water partition coefficient (Wildman–Crippen LogP) is 3.77. The molecule has 2 aliphatic rings. The summed E-state index contributed by atoms with van der Waals surface area (Å²) in [5.41, 5.74) is 5.39. The first-order valence-corrected chi connectivity index (χ1v) is 14.1. The number of imidazole rings is 1. The van der Waals surface area contributed by atoms with Gasteiger partial charge in [0.05, 0.1) is 43.3 Å². The van der Waals surface area contributed by atoms with Crippen LogP contribution in [0.4, 0.5) is 13.2 Å². The highest BCUT2D eigenvalue weighted by molar-refractivity contribution is 6.03. The quantitative estimate of drug-likeness (QED) is 0.445. The highest BCUT2D eigenvalue weighted by atomic mass is 19.4. The third kappa shape index (κ3) is 6.23. The van der Waals surface area contributed by atoms with Gasteiger partial charge in [0.15, 0.2) is 0 Å². The van der Waals surface area contributed by atoms with Crippen LogP contribution in [0.1, 0.15) is 41.5 Å². The Morgan fingerprint density at radius 2 is 1.93 bits per heavy atom. The Kier molecular flexibility index (Phi) is 8.48. The van der Waals surface area contributed by atoms with Crippen molar-refractivity contribution in [2.75, 3.05) is 46.4 Å². The highest BCUT2D eigenvalue weighted by Crippen LogP contribution is 2.34. The summed E-state index contributed by atoms with van der Waals surface area (Å²) in [7, 11) is 3.34. The molecule has 0 aromatic carbocycles. The van der Waals surface area contributed by atoms with Gasteiger partial charge in [-0.3, -0.25) is 19.4 Å². The summed E-state index contributed by atoms with van der Waals surface area (Å²) in [6.45, 7) is 6.38. The summed E-state index contributed by atoms with van der Waals surface area (Å²) in [5.74, 6) is -1.08. The number of rotatable bonds is 7. The van der Waals surface area contributed by atoms with E-state index in [4.69, 9.17) is 4.74 Å². The number of aliphatic imine (C=N–C) groups is 1. The van der Waals surface area contributed by atoms with Gasteiger partial charge < -0.3 is 19.0 Å². The second kappa shape index (κ2) is 12.0. The molecule has 1 saturated heterocycles. The minimum Gasteiger partial charge on any atom is -0.481 e. The van der Waals surface area contributed by atoms with Gasteiger partial charge in [-0.15, -0.1) is 0 Å². The molecule has 5 rings (SSSR count). The molecule has 2 amide bonds. The minimum absolute atomic E-state index is 0.0762. The summed E-state index contributed by atoms with van der Waals surface area (Å²) in [6, 6.07) is 3.63. The zero-order valence-electron chi connectivity index (χ0n) is 24.9. The number of aryl methyl sites for hydroxylation is 1. The topological polar surface area (TPSA) is 96.5 Å². The van der Waals surface area contributed by atoms with Crippen LogP contribution in [0.15, 0.2) is 47.5 Å². The number of carbonyl (C=O) groups is 2. The van der Waals surface area contributed by atoms with Gasteiger partial charge in [0.2, 0.25) is 5.90 Å². The summed E-state index contributed by atoms with van der Waals surface area (Å²) in [5, 5.41) is 2.93. The number of alkyl halides is 3. The maximum Gasteiger partial charge on any atom is 0.401 e. The third-order valence-electron chi connectivity index (χ3n) is 8.44. The number of pyridine rings is 1. The van der Waals surface area contributed by atoms with E-state index >= 15 is 0 Å². The smallest absolute Gasteiger partial charge is 0.401 e. The van der Waals surface area contributed by atoms with Crippen LogP contribution in [-0.4, -0.2) is 94.0 Å². The Labute approximate surface area is 247 Å². The molecule has 0 bridgehead atoms. The largest absolute Gasteiger partial charge is 0.481 e. The van der Waals surface area contributed by atoms with Crippen molar-refractivity contribution >= 4 is 23.2 Å². The van der Waals surface area contributed by atoms with Gasteiger partial charge >= 0.3 is 6.18 Å². The lowest BCUT2D eigenvalue weighted by Crippen LogP contribution is -2.50. The van der Waals surface area contributed by atoms with Crippen molar-refractivity contribution in [2.24, 2.45) is 18.0 Å². The SMILES string of the molecule is COC1=NC(=O)C(CNC(=O)c2cc3c(-c4cncn4C)ccn3c(C(C)N3CCN(CC(F)(F)F)CC3)c2C)C(C)=C1. The van der Waals surface area contributed by atoms with Gasteiger partial charge in [-0.1, -0.05) is 5.57 Å². The maximum absolute atomic E-state index is 13.7. The van der Waals surface area contributed by atoms with Crippen LogP contribution in [0.25, 0.3) is 16.8 Å². The molecule has 3 aromatic rings. The lowest BCUT2D eigenvalue weighted by atomic mass is 9.96. The fraction of sp³-hybridized carbons (Fsp3) is 0.467. The normalized spacial score (nSPS) is 19.3. The molecule has 3 aromatic heterocycles. The number of nitrogens with one attached hydrogen (secondary N) is 1. The van der Waals surface area contributed by atoms with E-state index in [9.17, 15) is 22.8 Å². The number of piperazine rings is 1. The number of amides is 2. The summed E-state index contributed by atoms with van der Waals surface area (Å²) < 4.78 is 48.0. The first kappa shape index (κ1) is 30.5. The van der Waals surface area contributed by atoms with E-state index in [1.807, 2.05) is 43.8 Å². The number of nitrogens with zero attached hydrogens (tertiary/aromatic N) is 6. The summed E-state index contributed by atoms with van der Waals surface area (Å²) in [4.78, 5) is 38.1. The summed E-state index contributed by atoms with van der Waals surface area (Å²) in [6.07, 6.45) is 2.87.